The van der Waals surface area contributed by atoms with E-state index in [1.54, 1.807) is 36.7 Å². The fourth-order valence-electron chi connectivity index (χ4n) is 1.81. The summed E-state index contributed by atoms with van der Waals surface area (Å²) in [5.74, 6) is -0.264. The van der Waals surface area contributed by atoms with Crippen LogP contribution in [0.4, 0.5) is 5.69 Å². The van der Waals surface area contributed by atoms with Gasteiger partial charge in [-0.05, 0) is 36.2 Å². The quantitative estimate of drug-likeness (QED) is 0.909. The third-order valence-electron chi connectivity index (χ3n) is 2.79. The molecule has 20 heavy (non-hydrogen) atoms. The highest BCUT2D eigenvalue weighted by molar-refractivity contribution is 6.30. The summed E-state index contributed by atoms with van der Waals surface area (Å²) in [5.41, 5.74) is 2.24. The summed E-state index contributed by atoms with van der Waals surface area (Å²) in [6, 6.07) is 8.59. The maximum atomic E-state index is 11.8. The Kier molecular flexibility index (Phi) is 4.71. The summed E-state index contributed by atoms with van der Waals surface area (Å²) < 4.78 is 0. The molecule has 0 saturated heterocycles. The van der Waals surface area contributed by atoms with Crippen LogP contribution < -0.4 is 5.32 Å². The van der Waals surface area contributed by atoms with Crippen LogP contribution in [0.5, 0.6) is 0 Å². The molecule has 2 N–H and O–H groups in total. The van der Waals surface area contributed by atoms with Crippen molar-refractivity contribution in [3.8, 4) is 0 Å². The first-order valence-electron chi connectivity index (χ1n) is 6.19. The van der Waals surface area contributed by atoms with Crippen LogP contribution in [0, 0.1) is 6.92 Å². The SMILES string of the molecule is Cc1cncc(NC(=O)CC(O)c2ccc(Cl)cc2)c1. The van der Waals surface area contributed by atoms with Gasteiger partial charge < -0.3 is 10.4 Å². The van der Waals surface area contributed by atoms with Crippen LogP contribution in [0.25, 0.3) is 0 Å². The van der Waals surface area contributed by atoms with Crippen molar-refractivity contribution < 1.29 is 9.90 Å². The van der Waals surface area contributed by atoms with Gasteiger partial charge in [0.05, 0.1) is 24.4 Å². The van der Waals surface area contributed by atoms with Crippen LogP contribution in [-0.2, 0) is 4.79 Å². The highest BCUT2D eigenvalue weighted by Crippen LogP contribution is 2.19. The van der Waals surface area contributed by atoms with E-state index in [9.17, 15) is 9.90 Å². The number of halogens is 1. The third-order valence-corrected chi connectivity index (χ3v) is 3.04. The van der Waals surface area contributed by atoms with Crippen LogP contribution in [0.2, 0.25) is 5.02 Å². The number of rotatable bonds is 4. The van der Waals surface area contributed by atoms with Crippen LogP contribution in [-0.4, -0.2) is 16.0 Å². The molecule has 1 amide bonds. The maximum Gasteiger partial charge on any atom is 0.227 e. The molecule has 1 aromatic carbocycles. The summed E-state index contributed by atoms with van der Waals surface area (Å²) in [5, 5.41) is 13.3. The average Bonchev–Trinajstić information content (AvgIpc) is 2.39. The lowest BCUT2D eigenvalue weighted by Crippen LogP contribution is -2.15. The molecule has 0 saturated carbocycles. The number of anilines is 1. The number of hydrogen-bond acceptors (Lipinski definition) is 3. The van der Waals surface area contributed by atoms with Gasteiger partial charge in [0.1, 0.15) is 0 Å². The monoisotopic (exact) mass is 290 g/mol. The van der Waals surface area contributed by atoms with Gasteiger partial charge in [-0.25, -0.2) is 0 Å². The smallest absolute Gasteiger partial charge is 0.227 e. The molecule has 1 aromatic heterocycles. The van der Waals surface area contributed by atoms with Crippen molar-refractivity contribution in [2.45, 2.75) is 19.4 Å². The zero-order chi connectivity index (χ0) is 14.5. The Morgan fingerprint density at radius 1 is 1.35 bits per heavy atom. The molecular formula is C15H15ClN2O2. The Labute approximate surface area is 122 Å². The molecule has 0 radical (unpaired) electrons. The van der Waals surface area contributed by atoms with E-state index in [-0.39, 0.29) is 12.3 Å². The normalized spacial score (nSPS) is 11.9. The van der Waals surface area contributed by atoms with E-state index < -0.39 is 6.10 Å². The molecule has 0 fully saturated rings. The fourth-order valence-corrected chi connectivity index (χ4v) is 1.94. The van der Waals surface area contributed by atoms with Gasteiger partial charge in [0.2, 0.25) is 5.91 Å². The molecule has 0 spiro atoms. The summed E-state index contributed by atoms with van der Waals surface area (Å²) in [6.07, 6.45) is 2.40. The van der Waals surface area contributed by atoms with Crippen molar-refractivity contribution in [1.29, 1.82) is 0 Å². The second-order valence-corrected chi connectivity index (χ2v) is 5.01. The fraction of sp³-hybridized carbons (Fsp3) is 0.200. The van der Waals surface area contributed by atoms with E-state index in [4.69, 9.17) is 11.6 Å². The Bertz CT molecular complexity index is 599. The molecule has 1 heterocycles. The minimum Gasteiger partial charge on any atom is -0.388 e. The summed E-state index contributed by atoms with van der Waals surface area (Å²) >= 11 is 5.78. The minimum atomic E-state index is -0.856. The molecule has 0 aliphatic rings. The third kappa shape index (κ3) is 4.05. The molecule has 1 unspecified atom stereocenters. The Hall–Kier alpha value is -1.91. The van der Waals surface area contributed by atoms with E-state index in [1.807, 2.05) is 13.0 Å². The molecule has 2 rings (SSSR count). The number of pyridine rings is 1. The predicted molar refractivity (Wildman–Crippen MR) is 78.6 cm³/mol. The van der Waals surface area contributed by atoms with E-state index in [1.165, 1.54) is 0 Å². The van der Waals surface area contributed by atoms with Gasteiger partial charge in [-0.2, -0.15) is 0 Å². The lowest BCUT2D eigenvalue weighted by Gasteiger charge is -2.11. The van der Waals surface area contributed by atoms with Crippen molar-refractivity contribution >= 4 is 23.2 Å². The topological polar surface area (TPSA) is 62.2 Å². The largest absolute Gasteiger partial charge is 0.388 e. The standard InChI is InChI=1S/C15H15ClN2O2/c1-10-6-13(9-17-8-10)18-15(20)7-14(19)11-2-4-12(16)5-3-11/h2-6,8-9,14,19H,7H2,1H3,(H,18,20). The molecule has 2 aromatic rings. The number of nitrogens with zero attached hydrogens (tertiary/aromatic N) is 1. The first-order valence-corrected chi connectivity index (χ1v) is 6.57. The number of aliphatic hydroxyl groups is 1. The van der Waals surface area contributed by atoms with E-state index in [0.717, 1.165) is 5.56 Å². The number of carbonyl (C=O) groups is 1. The highest BCUT2D eigenvalue weighted by Gasteiger charge is 2.13. The summed E-state index contributed by atoms with van der Waals surface area (Å²) in [4.78, 5) is 15.8. The van der Waals surface area contributed by atoms with Gasteiger partial charge in [0.15, 0.2) is 0 Å². The van der Waals surface area contributed by atoms with Crippen LogP contribution in [0.15, 0.2) is 42.7 Å². The summed E-state index contributed by atoms with van der Waals surface area (Å²) in [6.45, 7) is 1.89. The number of carbonyl (C=O) groups excluding carboxylic acids is 1. The van der Waals surface area contributed by atoms with Gasteiger partial charge in [0, 0.05) is 11.2 Å². The number of benzene rings is 1. The number of hydrogen-bond donors (Lipinski definition) is 2. The van der Waals surface area contributed by atoms with Gasteiger partial charge in [-0.15, -0.1) is 0 Å². The van der Waals surface area contributed by atoms with Crippen LogP contribution >= 0.6 is 11.6 Å². The number of aryl methyl sites for hydroxylation is 1. The Morgan fingerprint density at radius 3 is 2.70 bits per heavy atom. The number of nitrogens with one attached hydrogen (secondary N) is 1. The van der Waals surface area contributed by atoms with Gasteiger partial charge >= 0.3 is 0 Å². The van der Waals surface area contributed by atoms with Crippen LogP contribution in [0.1, 0.15) is 23.7 Å². The second kappa shape index (κ2) is 6.50. The first kappa shape index (κ1) is 14.5. The predicted octanol–water partition coefficient (Wildman–Crippen LogP) is 3.11. The van der Waals surface area contributed by atoms with Crippen molar-refractivity contribution in [2.75, 3.05) is 5.32 Å². The number of aliphatic hydroxyl groups excluding tert-OH is 1. The molecule has 0 aliphatic heterocycles. The van der Waals surface area contributed by atoms with Gasteiger partial charge in [-0.3, -0.25) is 9.78 Å². The van der Waals surface area contributed by atoms with E-state index in [0.29, 0.717) is 16.3 Å². The lowest BCUT2D eigenvalue weighted by molar-refractivity contribution is -0.118. The number of amides is 1. The number of aromatic nitrogens is 1. The minimum absolute atomic E-state index is 0.0183. The molecule has 0 bridgehead atoms. The maximum absolute atomic E-state index is 11.8. The average molecular weight is 291 g/mol. The van der Waals surface area contributed by atoms with Gasteiger partial charge in [-0.1, -0.05) is 23.7 Å². The van der Waals surface area contributed by atoms with Crippen molar-refractivity contribution in [1.82, 2.24) is 4.98 Å². The zero-order valence-electron chi connectivity index (χ0n) is 11.0. The van der Waals surface area contributed by atoms with E-state index in [2.05, 4.69) is 10.3 Å². The molecule has 0 aliphatic carbocycles. The molecule has 4 nitrogen and oxygen atoms in total. The molecule has 5 heteroatoms. The Morgan fingerprint density at radius 2 is 2.05 bits per heavy atom. The van der Waals surface area contributed by atoms with Gasteiger partial charge in [0.25, 0.3) is 0 Å². The molecule has 1 atom stereocenters. The molecular weight excluding hydrogens is 276 g/mol. The van der Waals surface area contributed by atoms with Crippen molar-refractivity contribution in [3.63, 3.8) is 0 Å². The van der Waals surface area contributed by atoms with Crippen molar-refractivity contribution in [3.05, 3.63) is 58.9 Å². The first-order chi connectivity index (χ1) is 9.54. The zero-order valence-corrected chi connectivity index (χ0v) is 11.8. The summed E-state index contributed by atoms with van der Waals surface area (Å²) in [7, 11) is 0. The highest BCUT2D eigenvalue weighted by atomic mass is 35.5. The van der Waals surface area contributed by atoms with Crippen LogP contribution in [0.3, 0.4) is 0 Å². The lowest BCUT2D eigenvalue weighted by atomic mass is 10.1. The second-order valence-electron chi connectivity index (χ2n) is 4.57. The van der Waals surface area contributed by atoms with Crippen molar-refractivity contribution in [2.24, 2.45) is 0 Å². The van der Waals surface area contributed by atoms with E-state index >= 15 is 0 Å². The molecule has 104 valence electrons. The Balaban J connectivity index is 1.95.